The number of halogens is 3. The summed E-state index contributed by atoms with van der Waals surface area (Å²) in [5, 5.41) is 0. The molecule has 16 heavy (non-hydrogen) atoms. The standard InChI is InChI=1S/C11H21F3N2/c1-3-10(2,6-15)7-16(9-4-5-9)8-11(12,13)14/h9H,3-8,15H2,1-2H3. The Hall–Kier alpha value is -0.290. The van der Waals surface area contributed by atoms with Crippen LogP contribution in [0.1, 0.15) is 33.1 Å². The van der Waals surface area contributed by atoms with Crippen molar-refractivity contribution in [3.05, 3.63) is 0 Å². The Bertz CT molecular complexity index is 220. The van der Waals surface area contributed by atoms with Gasteiger partial charge in [0, 0.05) is 12.6 Å². The molecule has 1 saturated carbocycles. The van der Waals surface area contributed by atoms with E-state index in [-0.39, 0.29) is 11.5 Å². The lowest BCUT2D eigenvalue weighted by Crippen LogP contribution is -2.45. The molecule has 0 aromatic rings. The SMILES string of the molecule is CCC(C)(CN)CN(CC(F)(F)F)C1CC1. The van der Waals surface area contributed by atoms with Crippen LogP contribution in [0.5, 0.6) is 0 Å². The average Bonchev–Trinajstić information content (AvgIpc) is 2.97. The van der Waals surface area contributed by atoms with Crippen LogP contribution in [0.4, 0.5) is 13.2 Å². The van der Waals surface area contributed by atoms with Gasteiger partial charge in [-0.15, -0.1) is 0 Å². The van der Waals surface area contributed by atoms with E-state index in [9.17, 15) is 13.2 Å². The predicted octanol–water partition coefficient (Wildman–Crippen LogP) is 2.39. The molecule has 0 aromatic carbocycles. The third kappa shape index (κ3) is 4.29. The van der Waals surface area contributed by atoms with Crippen molar-refractivity contribution in [2.24, 2.45) is 11.1 Å². The third-order valence-electron chi connectivity index (χ3n) is 3.38. The maximum absolute atomic E-state index is 12.4. The smallest absolute Gasteiger partial charge is 0.330 e. The second-order valence-corrected chi connectivity index (χ2v) is 5.12. The van der Waals surface area contributed by atoms with E-state index in [2.05, 4.69) is 0 Å². The zero-order chi connectivity index (χ0) is 12.4. The van der Waals surface area contributed by atoms with Crippen LogP contribution in [0.25, 0.3) is 0 Å². The minimum absolute atomic E-state index is 0.124. The summed E-state index contributed by atoms with van der Waals surface area (Å²) < 4.78 is 37.2. The molecule has 5 heteroatoms. The zero-order valence-corrected chi connectivity index (χ0v) is 9.98. The monoisotopic (exact) mass is 238 g/mol. The molecular formula is C11H21F3N2. The molecule has 0 amide bonds. The number of rotatable bonds is 6. The summed E-state index contributed by atoms with van der Waals surface area (Å²) >= 11 is 0. The Morgan fingerprint density at radius 2 is 1.81 bits per heavy atom. The molecule has 0 heterocycles. The van der Waals surface area contributed by atoms with Crippen molar-refractivity contribution in [3.63, 3.8) is 0 Å². The fourth-order valence-corrected chi connectivity index (χ4v) is 1.80. The molecule has 0 bridgehead atoms. The molecule has 0 aliphatic heterocycles. The number of nitrogens with zero attached hydrogens (tertiary/aromatic N) is 1. The van der Waals surface area contributed by atoms with Gasteiger partial charge in [0.05, 0.1) is 6.54 Å². The Morgan fingerprint density at radius 3 is 2.12 bits per heavy atom. The Kier molecular flexibility index (Phi) is 4.23. The Balaban J connectivity index is 2.57. The summed E-state index contributed by atoms with van der Waals surface area (Å²) in [5.41, 5.74) is 5.44. The van der Waals surface area contributed by atoms with Crippen LogP contribution >= 0.6 is 0 Å². The molecule has 2 nitrogen and oxygen atoms in total. The molecule has 1 aliphatic rings. The van der Waals surface area contributed by atoms with Crippen molar-refractivity contribution < 1.29 is 13.2 Å². The van der Waals surface area contributed by atoms with Crippen LogP contribution in [0.2, 0.25) is 0 Å². The summed E-state index contributed by atoms with van der Waals surface area (Å²) in [6, 6.07) is 0.124. The number of alkyl halides is 3. The van der Waals surface area contributed by atoms with Gasteiger partial charge in [-0.1, -0.05) is 13.8 Å². The van der Waals surface area contributed by atoms with Gasteiger partial charge >= 0.3 is 6.18 Å². The first kappa shape index (κ1) is 13.8. The van der Waals surface area contributed by atoms with Gasteiger partial charge in [0.15, 0.2) is 0 Å². The lowest BCUT2D eigenvalue weighted by atomic mass is 9.87. The first-order valence-corrected chi connectivity index (χ1v) is 5.80. The highest BCUT2D eigenvalue weighted by Gasteiger charge is 2.40. The molecule has 1 unspecified atom stereocenters. The van der Waals surface area contributed by atoms with Crippen molar-refractivity contribution in [3.8, 4) is 0 Å². The van der Waals surface area contributed by atoms with Crippen LogP contribution in [0.3, 0.4) is 0 Å². The molecule has 1 fully saturated rings. The molecular weight excluding hydrogens is 217 g/mol. The second-order valence-electron chi connectivity index (χ2n) is 5.12. The maximum Gasteiger partial charge on any atom is 0.401 e. The molecule has 0 radical (unpaired) electrons. The van der Waals surface area contributed by atoms with Gasteiger partial charge in [-0.3, -0.25) is 4.90 Å². The van der Waals surface area contributed by atoms with Gasteiger partial charge in [0.1, 0.15) is 0 Å². The fourth-order valence-electron chi connectivity index (χ4n) is 1.80. The van der Waals surface area contributed by atoms with E-state index in [0.717, 1.165) is 19.3 Å². The molecule has 1 rings (SSSR count). The zero-order valence-electron chi connectivity index (χ0n) is 9.98. The fraction of sp³-hybridized carbons (Fsp3) is 1.00. The summed E-state index contributed by atoms with van der Waals surface area (Å²) in [4.78, 5) is 1.55. The van der Waals surface area contributed by atoms with Gasteiger partial charge in [0.25, 0.3) is 0 Å². The summed E-state index contributed by atoms with van der Waals surface area (Å²) in [6.45, 7) is 4.02. The lowest BCUT2D eigenvalue weighted by Gasteiger charge is -2.34. The van der Waals surface area contributed by atoms with Crippen molar-refractivity contribution >= 4 is 0 Å². The molecule has 0 aromatic heterocycles. The molecule has 1 atom stereocenters. The van der Waals surface area contributed by atoms with Crippen LogP contribution in [-0.2, 0) is 0 Å². The topological polar surface area (TPSA) is 29.3 Å². The van der Waals surface area contributed by atoms with E-state index >= 15 is 0 Å². The number of hydrogen-bond donors (Lipinski definition) is 1. The highest BCUT2D eigenvalue weighted by Crippen LogP contribution is 2.33. The number of hydrogen-bond acceptors (Lipinski definition) is 2. The van der Waals surface area contributed by atoms with Gasteiger partial charge < -0.3 is 5.73 Å². The van der Waals surface area contributed by atoms with Crippen molar-refractivity contribution in [2.75, 3.05) is 19.6 Å². The molecule has 0 saturated heterocycles. The molecule has 2 N–H and O–H groups in total. The number of nitrogens with two attached hydrogens (primary N) is 1. The van der Waals surface area contributed by atoms with E-state index in [1.54, 1.807) is 4.90 Å². The Morgan fingerprint density at radius 1 is 1.25 bits per heavy atom. The minimum atomic E-state index is -4.11. The van der Waals surface area contributed by atoms with E-state index in [1.165, 1.54) is 0 Å². The van der Waals surface area contributed by atoms with E-state index in [0.29, 0.717) is 13.1 Å². The predicted molar refractivity (Wildman–Crippen MR) is 58.1 cm³/mol. The third-order valence-corrected chi connectivity index (χ3v) is 3.38. The molecule has 0 spiro atoms. The van der Waals surface area contributed by atoms with Crippen LogP contribution in [0, 0.1) is 5.41 Å². The van der Waals surface area contributed by atoms with Crippen LogP contribution in [0.15, 0.2) is 0 Å². The Labute approximate surface area is 95.0 Å². The highest BCUT2D eigenvalue weighted by atomic mass is 19.4. The van der Waals surface area contributed by atoms with Crippen LogP contribution in [-0.4, -0.2) is 36.8 Å². The van der Waals surface area contributed by atoms with Crippen molar-refractivity contribution in [1.82, 2.24) is 4.90 Å². The maximum atomic E-state index is 12.4. The summed E-state index contributed by atoms with van der Waals surface area (Å²) in [5.74, 6) is 0. The van der Waals surface area contributed by atoms with Crippen LogP contribution < -0.4 is 5.73 Å². The second kappa shape index (κ2) is 4.92. The van der Waals surface area contributed by atoms with Gasteiger partial charge in [-0.2, -0.15) is 13.2 Å². The summed E-state index contributed by atoms with van der Waals surface area (Å²) in [7, 11) is 0. The van der Waals surface area contributed by atoms with Gasteiger partial charge in [-0.05, 0) is 31.2 Å². The van der Waals surface area contributed by atoms with E-state index in [4.69, 9.17) is 5.73 Å². The molecule has 96 valence electrons. The first-order valence-electron chi connectivity index (χ1n) is 5.80. The van der Waals surface area contributed by atoms with Gasteiger partial charge in [-0.25, -0.2) is 0 Å². The minimum Gasteiger partial charge on any atom is -0.330 e. The quantitative estimate of drug-likeness (QED) is 0.770. The normalized spacial score (nSPS) is 21.2. The first-order chi connectivity index (χ1) is 7.29. The van der Waals surface area contributed by atoms with E-state index < -0.39 is 12.7 Å². The largest absolute Gasteiger partial charge is 0.401 e. The highest BCUT2D eigenvalue weighted by molar-refractivity contribution is 4.89. The van der Waals surface area contributed by atoms with E-state index in [1.807, 2.05) is 13.8 Å². The molecule has 1 aliphatic carbocycles. The van der Waals surface area contributed by atoms with Crippen molar-refractivity contribution in [1.29, 1.82) is 0 Å². The van der Waals surface area contributed by atoms with Crippen molar-refractivity contribution in [2.45, 2.75) is 45.3 Å². The van der Waals surface area contributed by atoms with Gasteiger partial charge in [0.2, 0.25) is 0 Å². The summed E-state index contributed by atoms with van der Waals surface area (Å²) in [6.07, 6.45) is -1.52. The lowest BCUT2D eigenvalue weighted by molar-refractivity contribution is -0.150. The average molecular weight is 238 g/mol.